The molecule has 1 aromatic carbocycles. The molecule has 0 aromatic heterocycles. The Morgan fingerprint density at radius 2 is 1.86 bits per heavy atom. The molecule has 0 bridgehead atoms. The van der Waals surface area contributed by atoms with Crippen LogP contribution >= 0.6 is 7.52 Å². The summed E-state index contributed by atoms with van der Waals surface area (Å²) in [5, 5.41) is 2.71. The minimum absolute atomic E-state index is 0.246. The van der Waals surface area contributed by atoms with Gasteiger partial charge in [-0.1, -0.05) is 13.8 Å². The van der Waals surface area contributed by atoms with Crippen LogP contribution in [0.3, 0.4) is 0 Å². The second-order valence-electron chi connectivity index (χ2n) is 4.84. The highest BCUT2D eigenvalue weighted by atomic mass is 31.2. The molecule has 1 aromatic rings. The fourth-order valence-corrected chi connectivity index (χ4v) is 3.16. The first-order chi connectivity index (χ1) is 9.78. The number of carbonyl (C=O) groups is 1. The van der Waals surface area contributed by atoms with E-state index in [1.54, 1.807) is 27.7 Å². The molecule has 5 nitrogen and oxygen atoms in total. The standard InChI is InChI=1S/C14H21FNO4P/c1-5-19-14(17)11(4)16-21(18,10(2)3)20-13-8-6-12(15)7-9-13/h6-11H,5H2,1-4H3,(H,16,18)/t11-,21?/m0/s1. The molecule has 0 heterocycles. The Labute approximate surface area is 124 Å². The van der Waals surface area contributed by atoms with E-state index in [2.05, 4.69) is 5.09 Å². The van der Waals surface area contributed by atoms with Crippen molar-refractivity contribution in [1.82, 2.24) is 5.09 Å². The Balaban J connectivity index is 2.85. The van der Waals surface area contributed by atoms with Gasteiger partial charge >= 0.3 is 13.5 Å². The SMILES string of the molecule is CCOC(=O)[C@H](C)NP(=O)(Oc1ccc(F)cc1)C(C)C. The monoisotopic (exact) mass is 317 g/mol. The summed E-state index contributed by atoms with van der Waals surface area (Å²) in [7, 11) is -3.34. The van der Waals surface area contributed by atoms with Gasteiger partial charge in [0.05, 0.1) is 12.3 Å². The zero-order chi connectivity index (χ0) is 16.0. The lowest BCUT2D eigenvalue weighted by molar-refractivity contribution is -0.144. The molecule has 1 unspecified atom stereocenters. The summed E-state index contributed by atoms with van der Waals surface area (Å²) in [5.41, 5.74) is -0.362. The van der Waals surface area contributed by atoms with Crippen molar-refractivity contribution in [2.45, 2.75) is 39.4 Å². The second-order valence-corrected chi connectivity index (χ2v) is 7.51. The van der Waals surface area contributed by atoms with Gasteiger partial charge in [0.25, 0.3) is 0 Å². The molecule has 0 amide bonds. The van der Waals surface area contributed by atoms with Gasteiger partial charge < -0.3 is 9.26 Å². The molecule has 0 aliphatic rings. The molecule has 0 spiro atoms. The van der Waals surface area contributed by atoms with Crippen LogP contribution in [0, 0.1) is 5.82 Å². The molecule has 0 radical (unpaired) electrons. The van der Waals surface area contributed by atoms with Crippen LogP contribution in [0.25, 0.3) is 0 Å². The fraction of sp³-hybridized carbons (Fsp3) is 0.500. The van der Waals surface area contributed by atoms with Crippen LogP contribution in [0.15, 0.2) is 24.3 Å². The van der Waals surface area contributed by atoms with Crippen LogP contribution in [0.1, 0.15) is 27.7 Å². The minimum atomic E-state index is -3.34. The average molecular weight is 317 g/mol. The van der Waals surface area contributed by atoms with Crippen molar-refractivity contribution in [2.75, 3.05) is 6.61 Å². The van der Waals surface area contributed by atoms with E-state index in [1.807, 2.05) is 0 Å². The van der Waals surface area contributed by atoms with Crippen LogP contribution in [0.2, 0.25) is 0 Å². The van der Waals surface area contributed by atoms with Gasteiger partial charge in [-0.3, -0.25) is 9.36 Å². The summed E-state index contributed by atoms with van der Waals surface area (Å²) < 4.78 is 36.1. The highest BCUT2D eigenvalue weighted by molar-refractivity contribution is 7.58. The van der Waals surface area contributed by atoms with E-state index in [-0.39, 0.29) is 18.0 Å². The minimum Gasteiger partial charge on any atom is -0.465 e. The average Bonchev–Trinajstić information content (AvgIpc) is 2.41. The lowest BCUT2D eigenvalue weighted by atomic mass is 10.3. The zero-order valence-corrected chi connectivity index (χ0v) is 13.5. The summed E-state index contributed by atoms with van der Waals surface area (Å²) in [6, 6.07) is 4.45. The van der Waals surface area contributed by atoms with Crippen LogP contribution in [-0.4, -0.2) is 24.3 Å². The van der Waals surface area contributed by atoms with Crippen molar-refractivity contribution >= 4 is 13.5 Å². The Bertz CT molecular complexity index is 518. The molecule has 7 heteroatoms. The Morgan fingerprint density at radius 1 is 1.29 bits per heavy atom. The second kappa shape index (κ2) is 7.57. The van der Waals surface area contributed by atoms with Crippen molar-refractivity contribution in [2.24, 2.45) is 0 Å². The molecular weight excluding hydrogens is 296 g/mol. The molecule has 1 N–H and O–H groups in total. The topological polar surface area (TPSA) is 64.6 Å². The van der Waals surface area contributed by atoms with E-state index >= 15 is 0 Å². The fourth-order valence-electron chi connectivity index (χ4n) is 1.52. The number of nitrogens with one attached hydrogen (secondary N) is 1. The van der Waals surface area contributed by atoms with Crippen molar-refractivity contribution < 1.29 is 23.0 Å². The van der Waals surface area contributed by atoms with Crippen LogP contribution in [-0.2, 0) is 14.1 Å². The molecule has 0 saturated carbocycles. The Kier molecular flexibility index (Phi) is 6.37. The zero-order valence-electron chi connectivity index (χ0n) is 12.6. The number of benzene rings is 1. The van der Waals surface area contributed by atoms with Crippen molar-refractivity contribution in [3.63, 3.8) is 0 Å². The molecule has 0 aliphatic carbocycles. The summed E-state index contributed by atoms with van der Waals surface area (Å²) in [5.74, 6) is -0.632. The molecule has 2 atom stereocenters. The number of esters is 1. The first-order valence-electron chi connectivity index (χ1n) is 6.77. The van der Waals surface area contributed by atoms with E-state index in [0.29, 0.717) is 0 Å². The van der Waals surface area contributed by atoms with Crippen molar-refractivity contribution in [3.05, 3.63) is 30.1 Å². The van der Waals surface area contributed by atoms with Crippen molar-refractivity contribution in [3.8, 4) is 5.75 Å². The van der Waals surface area contributed by atoms with E-state index in [4.69, 9.17) is 9.26 Å². The predicted molar refractivity (Wildman–Crippen MR) is 79.0 cm³/mol. The van der Waals surface area contributed by atoms with Gasteiger partial charge in [-0.05, 0) is 38.1 Å². The molecular formula is C14H21FNO4P. The molecule has 21 heavy (non-hydrogen) atoms. The number of ether oxygens (including phenoxy) is 1. The maximum absolute atomic E-state index is 12.9. The van der Waals surface area contributed by atoms with Gasteiger partial charge in [0.1, 0.15) is 17.6 Å². The first-order valence-corrected chi connectivity index (χ1v) is 8.47. The predicted octanol–water partition coefficient (Wildman–Crippen LogP) is 3.35. The van der Waals surface area contributed by atoms with E-state index < -0.39 is 25.3 Å². The molecule has 0 fully saturated rings. The third-order valence-electron chi connectivity index (χ3n) is 2.75. The van der Waals surface area contributed by atoms with E-state index in [1.165, 1.54) is 24.3 Å². The van der Waals surface area contributed by atoms with Gasteiger partial charge in [-0.2, -0.15) is 0 Å². The Hall–Kier alpha value is -1.39. The van der Waals surface area contributed by atoms with E-state index in [0.717, 1.165) is 0 Å². The highest BCUT2D eigenvalue weighted by Gasteiger charge is 2.33. The normalized spacial score (nSPS) is 15.3. The number of hydrogen-bond acceptors (Lipinski definition) is 4. The molecule has 118 valence electrons. The number of rotatable bonds is 7. The third-order valence-corrected chi connectivity index (χ3v) is 5.34. The summed E-state index contributed by atoms with van der Waals surface area (Å²) in [4.78, 5) is 11.6. The van der Waals surface area contributed by atoms with Gasteiger partial charge in [-0.15, -0.1) is 0 Å². The largest absolute Gasteiger partial charge is 0.465 e. The lowest BCUT2D eigenvalue weighted by Gasteiger charge is -2.26. The number of hydrogen-bond donors (Lipinski definition) is 1. The van der Waals surface area contributed by atoms with Crippen LogP contribution in [0.5, 0.6) is 5.75 Å². The first kappa shape index (κ1) is 17.7. The summed E-state index contributed by atoms with van der Waals surface area (Å²) >= 11 is 0. The van der Waals surface area contributed by atoms with Gasteiger partial charge in [0.15, 0.2) is 0 Å². The quantitative estimate of drug-likeness (QED) is 0.617. The number of carbonyl (C=O) groups excluding carboxylic acids is 1. The molecule has 0 aliphatic heterocycles. The van der Waals surface area contributed by atoms with Gasteiger partial charge in [0.2, 0.25) is 0 Å². The number of halogens is 1. The van der Waals surface area contributed by atoms with Gasteiger partial charge in [0, 0.05) is 0 Å². The lowest BCUT2D eigenvalue weighted by Crippen LogP contribution is -2.36. The summed E-state index contributed by atoms with van der Waals surface area (Å²) in [6.45, 7) is 6.93. The maximum Gasteiger partial charge on any atom is 0.323 e. The summed E-state index contributed by atoms with van der Waals surface area (Å²) in [6.07, 6.45) is 0. The maximum atomic E-state index is 12.9. The van der Waals surface area contributed by atoms with E-state index in [9.17, 15) is 13.8 Å². The molecule has 0 saturated heterocycles. The highest BCUT2D eigenvalue weighted by Crippen LogP contribution is 2.48. The van der Waals surface area contributed by atoms with Crippen LogP contribution < -0.4 is 9.61 Å². The van der Waals surface area contributed by atoms with Crippen LogP contribution in [0.4, 0.5) is 4.39 Å². The Morgan fingerprint density at radius 3 is 2.33 bits per heavy atom. The smallest absolute Gasteiger partial charge is 0.323 e. The van der Waals surface area contributed by atoms with Crippen molar-refractivity contribution in [1.29, 1.82) is 0 Å². The third kappa shape index (κ3) is 5.14. The van der Waals surface area contributed by atoms with Gasteiger partial charge in [-0.25, -0.2) is 9.48 Å². The molecule has 1 rings (SSSR count).